The highest BCUT2D eigenvalue weighted by Crippen LogP contribution is 2.46. The zero-order valence-electron chi connectivity index (χ0n) is 16.1. The minimum Gasteiger partial charge on any atom is -0.479 e. The number of pyridine rings is 1. The normalized spacial score (nSPS) is 14.7. The monoisotopic (exact) mass is 407 g/mol. The summed E-state index contributed by atoms with van der Waals surface area (Å²) in [7, 11) is 0. The van der Waals surface area contributed by atoms with Gasteiger partial charge < -0.3 is 15.8 Å². The van der Waals surface area contributed by atoms with Crippen molar-refractivity contribution in [2.75, 3.05) is 11.1 Å². The second-order valence-electron chi connectivity index (χ2n) is 7.39. The van der Waals surface area contributed by atoms with Crippen molar-refractivity contribution >= 4 is 29.0 Å². The van der Waals surface area contributed by atoms with Gasteiger partial charge in [-0.05, 0) is 56.0 Å². The lowest BCUT2D eigenvalue weighted by atomic mass is 9.74. The van der Waals surface area contributed by atoms with E-state index in [0.717, 1.165) is 36.1 Å². The molecular formula is C23H22ClN3O2. The summed E-state index contributed by atoms with van der Waals surface area (Å²) < 4.78 is 6.31. The smallest absolute Gasteiger partial charge is 0.255 e. The van der Waals surface area contributed by atoms with E-state index < -0.39 is 5.60 Å². The molecule has 5 nitrogen and oxygen atoms in total. The Bertz CT molecular complexity index is 1060. The Hall–Kier alpha value is -3.05. The number of rotatable bonds is 5. The van der Waals surface area contributed by atoms with Crippen LogP contribution in [-0.2, 0) is 5.60 Å². The number of aromatic nitrogens is 1. The minimum atomic E-state index is -0.495. The fourth-order valence-electron chi connectivity index (χ4n) is 3.54. The van der Waals surface area contributed by atoms with Gasteiger partial charge in [0.2, 0.25) is 0 Å². The molecule has 4 rings (SSSR count). The van der Waals surface area contributed by atoms with Crippen molar-refractivity contribution in [1.82, 2.24) is 4.98 Å². The number of carbonyl (C=O) groups excluding carboxylic acids is 1. The van der Waals surface area contributed by atoms with Crippen molar-refractivity contribution in [1.29, 1.82) is 0 Å². The maximum absolute atomic E-state index is 12.6. The van der Waals surface area contributed by atoms with Crippen LogP contribution < -0.4 is 15.8 Å². The van der Waals surface area contributed by atoms with Gasteiger partial charge in [-0.3, -0.25) is 4.79 Å². The van der Waals surface area contributed by atoms with Gasteiger partial charge in [-0.2, -0.15) is 0 Å². The van der Waals surface area contributed by atoms with E-state index in [1.165, 1.54) is 6.20 Å². The van der Waals surface area contributed by atoms with E-state index in [0.29, 0.717) is 22.2 Å². The van der Waals surface area contributed by atoms with Crippen molar-refractivity contribution in [3.05, 3.63) is 82.5 Å². The van der Waals surface area contributed by atoms with Crippen LogP contribution in [0.15, 0.2) is 60.8 Å². The Morgan fingerprint density at radius 1 is 1.17 bits per heavy atom. The number of amides is 1. The fraction of sp³-hybridized carbons (Fsp3) is 0.217. The van der Waals surface area contributed by atoms with Crippen LogP contribution in [0.2, 0.25) is 5.02 Å². The summed E-state index contributed by atoms with van der Waals surface area (Å²) >= 11 is 6.06. The summed E-state index contributed by atoms with van der Waals surface area (Å²) in [5.41, 5.74) is 8.86. The van der Waals surface area contributed by atoms with E-state index in [1.807, 2.05) is 49.4 Å². The zero-order valence-corrected chi connectivity index (χ0v) is 16.9. The minimum absolute atomic E-state index is 0.141. The molecule has 0 atom stereocenters. The molecule has 0 bridgehead atoms. The molecule has 1 heterocycles. The number of aryl methyl sites for hydroxylation is 1. The number of nitrogens with one attached hydrogen (secondary N) is 1. The van der Waals surface area contributed by atoms with Crippen LogP contribution >= 0.6 is 11.6 Å². The highest BCUT2D eigenvalue weighted by molar-refractivity contribution is 6.30. The first-order valence-electron chi connectivity index (χ1n) is 9.54. The second kappa shape index (κ2) is 7.76. The van der Waals surface area contributed by atoms with E-state index >= 15 is 0 Å². The number of nitrogen functional groups attached to an aromatic ring is 1. The van der Waals surface area contributed by atoms with Crippen molar-refractivity contribution in [2.24, 2.45) is 0 Å². The largest absolute Gasteiger partial charge is 0.479 e. The number of anilines is 2. The Kier molecular flexibility index (Phi) is 5.16. The molecule has 1 amide bonds. The third kappa shape index (κ3) is 4.05. The standard InChI is InChI=1S/C23H22ClN3O2/c1-15-5-2-6-16(11-15)22(28)27-19-8-3-7-17(12-19)23(9-4-10-23)29-20-13-18(24)14-26-21(20)25/h2-3,5-8,11-14H,4,9-10H2,1H3,(H2,25,26)(H,27,28). The highest BCUT2D eigenvalue weighted by Gasteiger charge is 2.42. The number of hydrogen-bond acceptors (Lipinski definition) is 4. The average Bonchev–Trinajstić information content (AvgIpc) is 2.67. The summed E-state index contributed by atoms with van der Waals surface area (Å²) in [4.78, 5) is 16.7. The number of carbonyl (C=O) groups is 1. The van der Waals surface area contributed by atoms with Crippen molar-refractivity contribution in [2.45, 2.75) is 31.8 Å². The Morgan fingerprint density at radius 2 is 1.97 bits per heavy atom. The molecule has 0 radical (unpaired) electrons. The first kappa shape index (κ1) is 19.3. The first-order valence-corrected chi connectivity index (χ1v) is 9.92. The maximum atomic E-state index is 12.6. The molecule has 1 aliphatic carbocycles. The lowest BCUT2D eigenvalue weighted by Gasteiger charge is -2.42. The molecule has 0 aliphatic heterocycles. The van der Waals surface area contributed by atoms with Gasteiger partial charge in [0, 0.05) is 23.5 Å². The molecule has 1 saturated carbocycles. The Morgan fingerprint density at radius 3 is 2.69 bits per heavy atom. The quantitative estimate of drug-likeness (QED) is 0.598. The number of nitrogens with zero attached hydrogens (tertiary/aromatic N) is 1. The van der Waals surface area contributed by atoms with Crippen LogP contribution in [-0.4, -0.2) is 10.9 Å². The summed E-state index contributed by atoms with van der Waals surface area (Å²) in [6.07, 6.45) is 4.26. The summed E-state index contributed by atoms with van der Waals surface area (Å²) in [6.45, 7) is 1.96. The average molecular weight is 408 g/mol. The van der Waals surface area contributed by atoms with E-state index in [9.17, 15) is 4.79 Å². The lowest BCUT2D eigenvalue weighted by molar-refractivity contribution is -0.0117. The molecule has 0 spiro atoms. The van der Waals surface area contributed by atoms with E-state index in [-0.39, 0.29) is 5.91 Å². The molecule has 1 fully saturated rings. The Balaban J connectivity index is 1.58. The predicted octanol–water partition coefficient (Wildman–Crippen LogP) is 5.34. The zero-order chi connectivity index (χ0) is 20.4. The molecule has 1 aromatic heterocycles. The Labute approximate surface area is 174 Å². The number of ether oxygens (including phenoxy) is 1. The molecule has 2 aromatic carbocycles. The van der Waals surface area contributed by atoms with E-state index in [2.05, 4.69) is 10.3 Å². The SMILES string of the molecule is Cc1cccc(C(=O)Nc2cccc(C3(Oc4cc(Cl)cnc4N)CCC3)c2)c1. The summed E-state index contributed by atoms with van der Waals surface area (Å²) in [5, 5.41) is 3.45. The van der Waals surface area contributed by atoms with Crippen LogP contribution in [0.1, 0.15) is 40.7 Å². The number of nitrogens with two attached hydrogens (primary N) is 1. The predicted molar refractivity (Wildman–Crippen MR) is 115 cm³/mol. The molecule has 148 valence electrons. The maximum Gasteiger partial charge on any atom is 0.255 e. The molecule has 3 N–H and O–H groups in total. The third-order valence-electron chi connectivity index (χ3n) is 5.24. The molecule has 0 unspecified atom stereocenters. The van der Waals surface area contributed by atoms with Gasteiger partial charge in [0.05, 0.1) is 5.02 Å². The number of hydrogen-bond donors (Lipinski definition) is 2. The van der Waals surface area contributed by atoms with Gasteiger partial charge in [-0.25, -0.2) is 4.98 Å². The van der Waals surface area contributed by atoms with Crippen molar-refractivity contribution in [3.8, 4) is 5.75 Å². The molecule has 6 heteroatoms. The summed E-state index contributed by atoms with van der Waals surface area (Å²) in [5.74, 6) is 0.647. The van der Waals surface area contributed by atoms with Crippen LogP contribution in [0.4, 0.5) is 11.5 Å². The van der Waals surface area contributed by atoms with Gasteiger partial charge in [-0.15, -0.1) is 0 Å². The van der Waals surface area contributed by atoms with Gasteiger partial charge in [-0.1, -0.05) is 41.4 Å². The van der Waals surface area contributed by atoms with Crippen LogP contribution in [0, 0.1) is 6.92 Å². The lowest BCUT2D eigenvalue weighted by Crippen LogP contribution is -2.40. The molecule has 1 aliphatic rings. The van der Waals surface area contributed by atoms with Crippen LogP contribution in [0.5, 0.6) is 5.75 Å². The second-order valence-corrected chi connectivity index (χ2v) is 7.83. The number of halogens is 1. The number of benzene rings is 2. The van der Waals surface area contributed by atoms with Crippen molar-refractivity contribution < 1.29 is 9.53 Å². The third-order valence-corrected chi connectivity index (χ3v) is 5.45. The van der Waals surface area contributed by atoms with E-state index in [1.54, 1.807) is 12.1 Å². The molecule has 3 aromatic rings. The molecule has 0 saturated heterocycles. The molecular weight excluding hydrogens is 386 g/mol. The van der Waals surface area contributed by atoms with Gasteiger partial charge in [0.15, 0.2) is 11.6 Å². The van der Waals surface area contributed by atoms with Crippen LogP contribution in [0.3, 0.4) is 0 Å². The summed E-state index contributed by atoms with van der Waals surface area (Å²) in [6, 6.07) is 17.0. The van der Waals surface area contributed by atoms with Crippen molar-refractivity contribution in [3.63, 3.8) is 0 Å². The first-order chi connectivity index (χ1) is 13.9. The van der Waals surface area contributed by atoms with Gasteiger partial charge in [0.1, 0.15) is 5.60 Å². The van der Waals surface area contributed by atoms with Gasteiger partial charge >= 0.3 is 0 Å². The van der Waals surface area contributed by atoms with E-state index in [4.69, 9.17) is 22.1 Å². The fourth-order valence-corrected chi connectivity index (χ4v) is 3.69. The van der Waals surface area contributed by atoms with Gasteiger partial charge in [0.25, 0.3) is 5.91 Å². The van der Waals surface area contributed by atoms with Crippen LogP contribution in [0.25, 0.3) is 0 Å². The molecule has 29 heavy (non-hydrogen) atoms. The highest BCUT2D eigenvalue weighted by atomic mass is 35.5. The topological polar surface area (TPSA) is 77.2 Å².